The Morgan fingerprint density at radius 2 is 1.65 bits per heavy atom. The van der Waals surface area contributed by atoms with Crippen molar-refractivity contribution in [1.29, 1.82) is 0 Å². The highest BCUT2D eigenvalue weighted by molar-refractivity contribution is 6.30. The van der Waals surface area contributed by atoms with Crippen molar-refractivity contribution >= 4 is 35.5 Å². The number of anilines is 1. The van der Waals surface area contributed by atoms with Crippen LogP contribution in [-0.4, -0.2) is 6.03 Å². The van der Waals surface area contributed by atoms with Crippen molar-refractivity contribution in [3.8, 4) is 11.1 Å². The highest BCUT2D eigenvalue weighted by Crippen LogP contribution is 2.32. The number of benzene rings is 3. The summed E-state index contributed by atoms with van der Waals surface area (Å²) in [5, 5.41) is 0.622. The molecule has 0 saturated heterocycles. The van der Waals surface area contributed by atoms with Crippen LogP contribution in [0.5, 0.6) is 0 Å². The van der Waals surface area contributed by atoms with Crippen molar-refractivity contribution in [2.45, 2.75) is 6.54 Å². The maximum Gasteiger partial charge on any atom is 0.319 e. The molecule has 26 heavy (non-hydrogen) atoms. The SMILES string of the molecule is NC(=O)N1Cc2ccc(-c3ccccc3)cc2C=Cc2cc(Cl)ccc21. The zero-order valence-corrected chi connectivity index (χ0v) is 14.8. The van der Waals surface area contributed by atoms with Gasteiger partial charge in [0.2, 0.25) is 0 Å². The van der Waals surface area contributed by atoms with Gasteiger partial charge in [-0.1, -0.05) is 66.2 Å². The lowest BCUT2D eigenvalue weighted by atomic mass is 9.96. The average molecular weight is 361 g/mol. The van der Waals surface area contributed by atoms with Crippen LogP contribution in [0.2, 0.25) is 5.02 Å². The number of urea groups is 1. The fourth-order valence-electron chi connectivity index (χ4n) is 3.24. The Hall–Kier alpha value is -3.04. The summed E-state index contributed by atoms with van der Waals surface area (Å²) in [6.45, 7) is 0.415. The first-order chi connectivity index (χ1) is 12.6. The summed E-state index contributed by atoms with van der Waals surface area (Å²) in [5.74, 6) is 0. The molecule has 0 aromatic heterocycles. The van der Waals surface area contributed by atoms with Crippen molar-refractivity contribution in [2.24, 2.45) is 5.73 Å². The Morgan fingerprint density at radius 3 is 2.42 bits per heavy atom. The summed E-state index contributed by atoms with van der Waals surface area (Å²) in [6, 6.07) is 21.4. The molecule has 2 N–H and O–H groups in total. The quantitative estimate of drug-likeness (QED) is 0.605. The number of hydrogen-bond donors (Lipinski definition) is 1. The van der Waals surface area contributed by atoms with Gasteiger partial charge in [-0.25, -0.2) is 4.79 Å². The molecule has 1 aliphatic rings. The molecule has 0 bridgehead atoms. The number of rotatable bonds is 1. The second-order valence-corrected chi connectivity index (χ2v) is 6.68. The molecule has 0 atom stereocenters. The average Bonchev–Trinajstić information content (AvgIpc) is 2.64. The topological polar surface area (TPSA) is 46.3 Å². The van der Waals surface area contributed by atoms with E-state index < -0.39 is 6.03 Å². The Kier molecular flexibility index (Phi) is 4.23. The van der Waals surface area contributed by atoms with E-state index in [-0.39, 0.29) is 0 Å². The van der Waals surface area contributed by atoms with Gasteiger partial charge in [0.05, 0.1) is 12.2 Å². The number of halogens is 1. The van der Waals surface area contributed by atoms with E-state index in [0.717, 1.165) is 33.5 Å². The molecule has 0 aliphatic carbocycles. The van der Waals surface area contributed by atoms with E-state index in [1.54, 1.807) is 11.0 Å². The molecule has 0 unspecified atom stereocenters. The van der Waals surface area contributed by atoms with Crippen LogP contribution in [-0.2, 0) is 6.54 Å². The van der Waals surface area contributed by atoms with Crippen LogP contribution >= 0.6 is 11.6 Å². The normalized spacial score (nSPS) is 12.7. The third kappa shape index (κ3) is 3.09. The van der Waals surface area contributed by atoms with E-state index in [1.807, 2.05) is 36.4 Å². The van der Waals surface area contributed by atoms with Gasteiger partial charge >= 0.3 is 6.03 Å². The second-order valence-electron chi connectivity index (χ2n) is 6.24. The Labute approximate surface area is 157 Å². The van der Waals surface area contributed by atoms with E-state index in [0.29, 0.717) is 11.6 Å². The number of nitrogens with two attached hydrogens (primary N) is 1. The molecular formula is C22H17ClN2O. The third-order valence-corrected chi connectivity index (χ3v) is 4.81. The van der Waals surface area contributed by atoms with Gasteiger partial charge in [-0.2, -0.15) is 0 Å². The molecule has 1 heterocycles. The molecule has 4 rings (SSSR count). The van der Waals surface area contributed by atoms with Crippen LogP contribution in [0.15, 0.2) is 66.7 Å². The van der Waals surface area contributed by atoms with Gasteiger partial charge in [-0.3, -0.25) is 4.90 Å². The molecule has 3 aromatic carbocycles. The van der Waals surface area contributed by atoms with Gasteiger partial charge in [0.25, 0.3) is 0 Å². The Morgan fingerprint density at radius 1 is 0.885 bits per heavy atom. The van der Waals surface area contributed by atoms with E-state index >= 15 is 0 Å². The number of primary amides is 1. The molecular weight excluding hydrogens is 344 g/mol. The molecule has 128 valence electrons. The molecule has 1 aliphatic heterocycles. The number of carbonyl (C=O) groups is 1. The van der Waals surface area contributed by atoms with Crippen LogP contribution in [0.1, 0.15) is 16.7 Å². The largest absolute Gasteiger partial charge is 0.351 e. The van der Waals surface area contributed by atoms with Crippen molar-refractivity contribution in [1.82, 2.24) is 0 Å². The molecule has 3 aromatic rings. The number of nitrogens with zero attached hydrogens (tertiary/aromatic N) is 1. The van der Waals surface area contributed by atoms with Crippen LogP contribution in [0.3, 0.4) is 0 Å². The maximum atomic E-state index is 12.1. The fourth-order valence-corrected chi connectivity index (χ4v) is 3.42. The molecule has 3 nitrogen and oxygen atoms in total. The van der Waals surface area contributed by atoms with Crippen LogP contribution in [0, 0.1) is 0 Å². The first-order valence-electron chi connectivity index (χ1n) is 8.35. The number of carbonyl (C=O) groups excluding carboxylic acids is 1. The maximum absolute atomic E-state index is 12.1. The standard InChI is InChI=1S/C22H17ClN2O/c23-20-10-11-21-18(13-20)8-6-17-12-16(15-4-2-1-3-5-15)7-9-19(17)14-25(21)22(24)26/h1-13H,14H2,(H2,24,26). The van der Waals surface area contributed by atoms with E-state index in [4.69, 9.17) is 17.3 Å². The molecule has 0 radical (unpaired) electrons. The summed E-state index contributed by atoms with van der Waals surface area (Å²) in [4.78, 5) is 13.6. The van der Waals surface area contributed by atoms with Crippen molar-refractivity contribution in [3.63, 3.8) is 0 Å². The zero-order chi connectivity index (χ0) is 18.1. The van der Waals surface area contributed by atoms with Crippen molar-refractivity contribution in [2.75, 3.05) is 4.90 Å². The Bertz CT molecular complexity index is 1010. The smallest absolute Gasteiger partial charge is 0.319 e. The number of fused-ring (bicyclic) bond motifs is 2. The lowest BCUT2D eigenvalue weighted by molar-refractivity contribution is 0.253. The van der Waals surface area contributed by atoms with Crippen molar-refractivity contribution < 1.29 is 4.79 Å². The minimum absolute atomic E-state index is 0.415. The molecule has 4 heteroatoms. The lowest BCUT2D eigenvalue weighted by Crippen LogP contribution is -2.36. The molecule has 0 fully saturated rings. The minimum Gasteiger partial charge on any atom is -0.351 e. The van der Waals surface area contributed by atoms with E-state index in [2.05, 4.69) is 36.4 Å². The fraction of sp³-hybridized carbons (Fsp3) is 0.0455. The summed E-state index contributed by atoms with van der Waals surface area (Å²) >= 11 is 6.13. The van der Waals surface area contributed by atoms with Gasteiger partial charge in [0.1, 0.15) is 0 Å². The molecule has 0 spiro atoms. The van der Waals surface area contributed by atoms with Gasteiger partial charge in [0.15, 0.2) is 0 Å². The van der Waals surface area contributed by atoms with Crippen LogP contribution in [0.25, 0.3) is 23.3 Å². The van der Waals surface area contributed by atoms with Crippen molar-refractivity contribution in [3.05, 3.63) is 88.4 Å². The predicted molar refractivity (Wildman–Crippen MR) is 108 cm³/mol. The highest BCUT2D eigenvalue weighted by Gasteiger charge is 2.19. The van der Waals surface area contributed by atoms with Crippen LogP contribution < -0.4 is 10.6 Å². The summed E-state index contributed by atoms with van der Waals surface area (Å²) in [7, 11) is 0. The lowest BCUT2D eigenvalue weighted by Gasteiger charge is -2.25. The zero-order valence-electron chi connectivity index (χ0n) is 14.0. The van der Waals surface area contributed by atoms with E-state index in [1.165, 1.54) is 0 Å². The minimum atomic E-state index is -0.484. The molecule has 2 amide bonds. The summed E-state index contributed by atoms with van der Waals surface area (Å²) < 4.78 is 0. The first-order valence-corrected chi connectivity index (χ1v) is 8.72. The van der Waals surface area contributed by atoms with E-state index in [9.17, 15) is 4.79 Å². The number of amides is 2. The third-order valence-electron chi connectivity index (χ3n) is 4.57. The predicted octanol–water partition coefficient (Wildman–Crippen LogP) is 5.58. The second kappa shape index (κ2) is 6.70. The summed E-state index contributed by atoms with van der Waals surface area (Å²) in [6.07, 6.45) is 4.04. The number of hydrogen-bond acceptors (Lipinski definition) is 1. The van der Waals surface area contributed by atoms with Gasteiger partial charge in [-0.05, 0) is 52.1 Å². The van der Waals surface area contributed by atoms with Gasteiger partial charge in [0, 0.05) is 5.02 Å². The highest BCUT2D eigenvalue weighted by atomic mass is 35.5. The van der Waals surface area contributed by atoms with Gasteiger partial charge in [-0.15, -0.1) is 0 Å². The monoisotopic (exact) mass is 360 g/mol. The van der Waals surface area contributed by atoms with Gasteiger partial charge < -0.3 is 5.73 Å². The van der Waals surface area contributed by atoms with Crippen LogP contribution in [0.4, 0.5) is 10.5 Å². The first kappa shape index (κ1) is 16.4. The summed E-state index contributed by atoms with van der Waals surface area (Å²) in [5.41, 5.74) is 11.7. The Balaban J connectivity index is 1.85. The molecule has 0 saturated carbocycles.